The van der Waals surface area contributed by atoms with E-state index in [-0.39, 0.29) is 18.9 Å². The van der Waals surface area contributed by atoms with E-state index in [1.165, 1.54) is 7.11 Å². The summed E-state index contributed by atoms with van der Waals surface area (Å²) in [5.74, 6) is 0.375. The summed E-state index contributed by atoms with van der Waals surface area (Å²) in [6.07, 6.45) is 1.63. The number of carbonyl (C=O) groups excluding carboxylic acids is 1. The van der Waals surface area contributed by atoms with Crippen molar-refractivity contribution >= 4 is 17.6 Å². The number of hydrogen-bond acceptors (Lipinski definition) is 5. The molecule has 0 saturated heterocycles. The van der Waals surface area contributed by atoms with Crippen molar-refractivity contribution in [2.24, 2.45) is 0 Å². The molecule has 3 rings (SSSR count). The lowest BCUT2D eigenvalue weighted by atomic mass is 10.3. The van der Waals surface area contributed by atoms with Gasteiger partial charge < -0.3 is 14.2 Å². The molecule has 3 aromatic rings. The topological polar surface area (TPSA) is 62.6 Å². The molecule has 0 spiro atoms. The predicted octanol–water partition coefficient (Wildman–Crippen LogP) is 3.77. The number of aromatic nitrogens is 2. The molecule has 0 aliphatic heterocycles. The van der Waals surface area contributed by atoms with Gasteiger partial charge in [-0.2, -0.15) is 5.10 Å². The van der Waals surface area contributed by atoms with Crippen molar-refractivity contribution in [3.63, 3.8) is 0 Å². The highest BCUT2D eigenvalue weighted by Gasteiger charge is 2.19. The molecule has 0 amide bonds. The van der Waals surface area contributed by atoms with Crippen LogP contribution >= 0.6 is 11.6 Å². The van der Waals surface area contributed by atoms with Gasteiger partial charge in [0, 0.05) is 5.02 Å². The molecule has 0 aliphatic rings. The van der Waals surface area contributed by atoms with Gasteiger partial charge in [-0.05, 0) is 30.3 Å². The van der Waals surface area contributed by atoms with Crippen LogP contribution in [0.5, 0.6) is 11.5 Å². The Morgan fingerprint density at radius 1 is 1.12 bits per heavy atom. The van der Waals surface area contributed by atoms with E-state index in [9.17, 15) is 4.79 Å². The Kier molecular flexibility index (Phi) is 5.76. The maximum Gasteiger partial charge on any atom is 0.362 e. The zero-order chi connectivity index (χ0) is 18.4. The van der Waals surface area contributed by atoms with Crippen molar-refractivity contribution in [3.05, 3.63) is 71.5 Å². The first-order valence-electron chi connectivity index (χ1n) is 7.92. The van der Waals surface area contributed by atoms with Crippen molar-refractivity contribution in [1.29, 1.82) is 0 Å². The van der Waals surface area contributed by atoms with Gasteiger partial charge in [-0.1, -0.05) is 35.9 Å². The summed E-state index contributed by atoms with van der Waals surface area (Å²) in [4.78, 5) is 12.3. The minimum absolute atomic E-state index is 0.0761. The Bertz CT molecular complexity index is 880. The van der Waals surface area contributed by atoms with Crippen LogP contribution in [0.15, 0.2) is 60.8 Å². The van der Waals surface area contributed by atoms with Crippen LogP contribution in [0.2, 0.25) is 5.02 Å². The summed E-state index contributed by atoms with van der Waals surface area (Å²) in [6.45, 7) is 0.278. The molecule has 1 aromatic heterocycles. The molecule has 0 unspecified atom stereocenters. The number of para-hydroxylation sites is 1. The molecule has 6 nitrogen and oxygen atoms in total. The quantitative estimate of drug-likeness (QED) is 0.466. The van der Waals surface area contributed by atoms with Gasteiger partial charge in [-0.15, -0.1) is 0 Å². The molecule has 1 heterocycles. The van der Waals surface area contributed by atoms with Crippen molar-refractivity contribution in [2.45, 2.75) is 0 Å². The number of rotatable bonds is 7. The standard InChI is InChI=1S/C19H17ClN2O4/c1-24-17-13-22(15-7-3-2-4-8-15)21-18(17)19(23)26-11-10-25-16-9-5-6-14(20)12-16/h2-9,12-13H,10-11H2,1H3. The third kappa shape index (κ3) is 4.34. The summed E-state index contributed by atoms with van der Waals surface area (Å²) < 4.78 is 17.5. The summed E-state index contributed by atoms with van der Waals surface area (Å²) >= 11 is 5.88. The lowest BCUT2D eigenvalue weighted by molar-refractivity contribution is 0.0439. The fourth-order valence-corrected chi connectivity index (χ4v) is 2.46. The summed E-state index contributed by atoms with van der Waals surface area (Å²) in [6, 6.07) is 16.4. The van der Waals surface area contributed by atoms with Crippen LogP contribution in [-0.4, -0.2) is 36.1 Å². The molecule has 134 valence electrons. The molecular weight excluding hydrogens is 356 g/mol. The summed E-state index contributed by atoms with van der Waals surface area (Å²) in [5.41, 5.74) is 0.924. The number of methoxy groups -OCH3 is 1. The monoisotopic (exact) mass is 372 g/mol. The van der Waals surface area contributed by atoms with Gasteiger partial charge in [-0.3, -0.25) is 0 Å². The Labute approximate surface area is 155 Å². The van der Waals surface area contributed by atoms with E-state index >= 15 is 0 Å². The van der Waals surface area contributed by atoms with Gasteiger partial charge in [-0.25, -0.2) is 9.48 Å². The third-order valence-corrected chi connectivity index (χ3v) is 3.73. The van der Waals surface area contributed by atoms with E-state index in [2.05, 4.69) is 5.10 Å². The van der Waals surface area contributed by atoms with Gasteiger partial charge in [0.15, 0.2) is 5.75 Å². The molecule has 0 atom stereocenters. The molecule has 0 radical (unpaired) electrons. The van der Waals surface area contributed by atoms with E-state index in [1.807, 2.05) is 30.3 Å². The second kappa shape index (κ2) is 8.40. The van der Waals surface area contributed by atoms with Crippen LogP contribution in [0.25, 0.3) is 5.69 Å². The lowest BCUT2D eigenvalue weighted by Crippen LogP contribution is -2.14. The minimum atomic E-state index is -0.578. The third-order valence-electron chi connectivity index (χ3n) is 3.50. The summed E-state index contributed by atoms with van der Waals surface area (Å²) in [5, 5.41) is 4.84. The van der Waals surface area contributed by atoms with Gasteiger partial charge in [0.2, 0.25) is 5.69 Å². The van der Waals surface area contributed by atoms with E-state index in [4.69, 9.17) is 25.8 Å². The number of ether oxygens (including phenoxy) is 3. The highest BCUT2D eigenvalue weighted by Crippen LogP contribution is 2.20. The Morgan fingerprint density at radius 3 is 2.65 bits per heavy atom. The minimum Gasteiger partial charge on any atom is -0.493 e. The normalized spacial score (nSPS) is 10.4. The second-order valence-corrected chi connectivity index (χ2v) is 5.70. The number of nitrogens with zero attached hydrogens (tertiary/aromatic N) is 2. The van der Waals surface area contributed by atoms with Crippen molar-refractivity contribution in [2.75, 3.05) is 20.3 Å². The van der Waals surface area contributed by atoms with Crippen LogP contribution in [0.4, 0.5) is 0 Å². The first-order valence-corrected chi connectivity index (χ1v) is 8.30. The number of benzene rings is 2. The Balaban J connectivity index is 1.60. The van der Waals surface area contributed by atoms with Crippen LogP contribution < -0.4 is 9.47 Å². The highest BCUT2D eigenvalue weighted by molar-refractivity contribution is 6.30. The molecule has 26 heavy (non-hydrogen) atoms. The largest absolute Gasteiger partial charge is 0.493 e. The number of carbonyl (C=O) groups is 1. The molecule has 0 bridgehead atoms. The SMILES string of the molecule is COc1cn(-c2ccccc2)nc1C(=O)OCCOc1cccc(Cl)c1. The lowest BCUT2D eigenvalue weighted by Gasteiger charge is -2.07. The van der Waals surface area contributed by atoms with Crippen LogP contribution in [0.1, 0.15) is 10.5 Å². The van der Waals surface area contributed by atoms with E-state index in [0.717, 1.165) is 5.69 Å². The van der Waals surface area contributed by atoms with Crippen molar-refractivity contribution in [3.8, 4) is 17.2 Å². The van der Waals surface area contributed by atoms with Gasteiger partial charge in [0.1, 0.15) is 19.0 Å². The van der Waals surface area contributed by atoms with E-state index < -0.39 is 5.97 Å². The molecule has 2 aromatic carbocycles. The average molecular weight is 373 g/mol. The maximum atomic E-state index is 12.3. The molecular formula is C19H17ClN2O4. The van der Waals surface area contributed by atoms with Crippen LogP contribution in [0, 0.1) is 0 Å². The molecule has 7 heteroatoms. The molecule has 0 fully saturated rings. The molecule has 0 aliphatic carbocycles. The number of halogens is 1. The zero-order valence-electron chi connectivity index (χ0n) is 14.1. The van der Waals surface area contributed by atoms with Crippen LogP contribution in [0.3, 0.4) is 0 Å². The van der Waals surface area contributed by atoms with Gasteiger partial charge >= 0.3 is 5.97 Å². The van der Waals surface area contributed by atoms with Crippen LogP contribution in [-0.2, 0) is 4.74 Å². The predicted molar refractivity (Wildman–Crippen MR) is 97.3 cm³/mol. The van der Waals surface area contributed by atoms with E-state index in [0.29, 0.717) is 16.5 Å². The second-order valence-electron chi connectivity index (χ2n) is 5.27. The average Bonchev–Trinajstić information content (AvgIpc) is 3.10. The fraction of sp³-hybridized carbons (Fsp3) is 0.158. The zero-order valence-corrected chi connectivity index (χ0v) is 14.8. The Morgan fingerprint density at radius 2 is 1.92 bits per heavy atom. The van der Waals surface area contributed by atoms with Gasteiger partial charge in [0.05, 0.1) is 19.0 Å². The van der Waals surface area contributed by atoms with E-state index in [1.54, 1.807) is 35.1 Å². The number of hydrogen-bond donors (Lipinski definition) is 0. The highest BCUT2D eigenvalue weighted by atomic mass is 35.5. The number of esters is 1. The van der Waals surface area contributed by atoms with Gasteiger partial charge in [0.25, 0.3) is 0 Å². The van der Waals surface area contributed by atoms with Crippen molar-refractivity contribution in [1.82, 2.24) is 9.78 Å². The first kappa shape index (κ1) is 17.8. The first-order chi connectivity index (χ1) is 12.7. The smallest absolute Gasteiger partial charge is 0.362 e. The molecule has 0 saturated carbocycles. The maximum absolute atomic E-state index is 12.3. The molecule has 0 N–H and O–H groups in total. The fourth-order valence-electron chi connectivity index (χ4n) is 2.28. The van der Waals surface area contributed by atoms with Crippen molar-refractivity contribution < 1.29 is 19.0 Å². The summed E-state index contributed by atoms with van der Waals surface area (Å²) in [7, 11) is 1.48. The Hall–Kier alpha value is -2.99.